The molecule has 6 nitrogen and oxygen atoms in total. The van der Waals surface area contributed by atoms with Crippen molar-refractivity contribution < 1.29 is 8.42 Å². The molecule has 2 rings (SSSR count). The van der Waals surface area contributed by atoms with Gasteiger partial charge >= 0.3 is 0 Å². The Balaban J connectivity index is 2.11. The van der Waals surface area contributed by atoms with E-state index in [4.69, 9.17) is 5.73 Å². The van der Waals surface area contributed by atoms with E-state index in [1.807, 2.05) is 6.92 Å². The first kappa shape index (κ1) is 13.1. The Bertz CT molecular complexity index is 556. The van der Waals surface area contributed by atoms with Crippen molar-refractivity contribution in [1.82, 2.24) is 9.97 Å². The molecule has 1 aromatic rings. The zero-order valence-electron chi connectivity index (χ0n) is 10.6. The molecule has 1 saturated heterocycles. The number of nitrogen functional groups attached to an aromatic ring is 1. The first-order chi connectivity index (χ1) is 8.40. The summed E-state index contributed by atoms with van der Waals surface area (Å²) in [5, 5.41) is 2.77. The summed E-state index contributed by atoms with van der Waals surface area (Å²) in [4.78, 5) is 8.30. The molecule has 100 valence electrons. The van der Waals surface area contributed by atoms with Crippen LogP contribution < -0.4 is 11.1 Å². The summed E-state index contributed by atoms with van der Waals surface area (Å²) in [7, 11) is -2.93. The van der Waals surface area contributed by atoms with E-state index in [-0.39, 0.29) is 5.25 Å². The lowest BCUT2D eigenvalue weighted by Gasteiger charge is -2.14. The monoisotopic (exact) mass is 270 g/mol. The summed E-state index contributed by atoms with van der Waals surface area (Å²) < 4.78 is 23.4. The molecule has 1 aliphatic heterocycles. The molecule has 0 radical (unpaired) electrons. The highest BCUT2D eigenvalue weighted by atomic mass is 32.2. The lowest BCUT2D eigenvalue weighted by atomic mass is 10.2. The van der Waals surface area contributed by atoms with Crippen molar-refractivity contribution in [2.45, 2.75) is 31.9 Å². The van der Waals surface area contributed by atoms with Gasteiger partial charge in [0.05, 0.1) is 11.0 Å². The van der Waals surface area contributed by atoms with Gasteiger partial charge < -0.3 is 11.1 Å². The minimum absolute atomic E-state index is 0.295. The van der Waals surface area contributed by atoms with Crippen molar-refractivity contribution in [2.24, 2.45) is 0 Å². The SMILES string of the molecule is Cc1nc(N)c(C)c(NCC2CCCS2(=O)=O)n1. The van der Waals surface area contributed by atoms with E-state index in [9.17, 15) is 8.42 Å². The largest absolute Gasteiger partial charge is 0.383 e. The molecule has 0 spiro atoms. The maximum absolute atomic E-state index is 11.7. The van der Waals surface area contributed by atoms with E-state index < -0.39 is 9.84 Å². The van der Waals surface area contributed by atoms with Gasteiger partial charge in [0.25, 0.3) is 0 Å². The van der Waals surface area contributed by atoms with Crippen LogP contribution in [-0.4, -0.2) is 35.9 Å². The molecule has 0 saturated carbocycles. The van der Waals surface area contributed by atoms with Crippen LogP contribution >= 0.6 is 0 Å². The molecule has 7 heteroatoms. The van der Waals surface area contributed by atoms with Crippen LogP contribution in [0.25, 0.3) is 0 Å². The number of aromatic nitrogens is 2. The molecule has 2 heterocycles. The summed E-state index contributed by atoms with van der Waals surface area (Å²) in [5.74, 6) is 1.93. The number of hydrogen-bond donors (Lipinski definition) is 2. The van der Waals surface area contributed by atoms with E-state index in [1.54, 1.807) is 6.92 Å². The molecule has 3 N–H and O–H groups in total. The third-order valence-electron chi connectivity index (χ3n) is 3.26. The number of nitrogens with one attached hydrogen (secondary N) is 1. The van der Waals surface area contributed by atoms with Crippen molar-refractivity contribution in [2.75, 3.05) is 23.3 Å². The molecule has 0 aromatic carbocycles. The van der Waals surface area contributed by atoms with Crippen molar-refractivity contribution >= 4 is 21.5 Å². The predicted octanol–water partition coefficient (Wildman–Crippen LogP) is 0.665. The third-order valence-corrected chi connectivity index (χ3v) is 5.53. The van der Waals surface area contributed by atoms with Gasteiger partial charge in [0.1, 0.15) is 17.5 Å². The van der Waals surface area contributed by atoms with Crippen LogP contribution in [0.4, 0.5) is 11.6 Å². The van der Waals surface area contributed by atoms with Crippen LogP contribution in [0.1, 0.15) is 24.2 Å². The van der Waals surface area contributed by atoms with E-state index in [1.165, 1.54) is 0 Å². The van der Waals surface area contributed by atoms with Gasteiger partial charge in [0.2, 0.25) is 0 Å². The Morgan fingerprint density at radius 1 is 1.39 bits per heavy atom. The van der Waals surface area contributed by atoms with Crippen LogP contribution in [0, 0.1) is 13.8 Å². The molecule has 1 aromatic heterocycles. The normalized spacial score (nSPS) is 22.0. The topological polar surface area (TPSA) is 98.0 Å². The molecule has 0 bridgehead atoms. The second-order valence-electron chi connectivity index (χ2n) is 4.64. The van der Waals surface area contributed by atoms with E-state index in [0.29, 0.717) is 36.2 Å². The fraction of sp³-hybridized carbons (Fsp3) is 0.636. The summed E-state index contributed by atoms with van der Waals surface area (Å²) in [6.45, 7) is 3.96. The van der Waals surface area contributed by atoms with Crippen molar-refractivity contribution in [1.29, 1.82) is 0 Å². The van der Waals surface area contributed by atoms with E-state index in [2.05, 4.69) is 15.3 Å². The lowest BCUT2D eigenvalue weighted by Crippen LogP contribution is -2.26. The minimum atomic E-state index is -2.93. The fourth-order valence-corrected chi connectivity index (χ4v) is 3.89. The number of rotatable bonds is 3. The smallest absolute Gasteiger partial charge is 0.154 e. The summed E-state index contributed by atoms with van der Waals surface area (Å²) in [5.41, 5.74) is 6.51. The molecule has 1 fully saturated rings. The summed E-state index contributed by atoms with van der Waals surface area (Å²) in [6.07, 6.45) is 1.46. The summed E-state index contributed by atoms with van der Waals surface area (Å²) >= 11 is 0. The zero-order valence-corrected chi connectivity index (χ0v) is 11.4. The van der Waals surface area contributed by atoms with Gasteiger partial charge in [0, 0.05) is 12.1 Å². The molecule has 0 aliphatic carbocycles. The average molecular weight is 270 g/mol. The second-order valence-corrected chi connectivity index (χ2v) is 7.04. The average Bonchev–Trinajstić information content (AvgIpc) is 2.61. The van der Waals surface area contributed by atoms with Crippen molar-refractivity contribution in [3.05, 3.63) is 11.4 Å². The highest BCUT2D eigenvalue weighted by Crippen LogP contribution is 2.22. The van der Waals surface area contributed by atoms with Gasteiger partial charge in [-0.1, -0.05) is 0 Å². The van der Waals surface area contributed by atoms with Gasteiger partial charge in [-0.2, -0.15) is 0 Å². The number of aryl methyl sites for hydroxylation is 1. The Labute approximate surface area is 107 Å². The maximum atomic E-state index is 11.7. The van der Waals surface area contributed by atoms with Crippen molar-refractivity contribution in [3.63, 3.8) is 0 Å². The highest BCUT2D eigenvalue weighted by Gasteiger charge is 2.31. The zero-order chi connectivity index (χ0) is 13.3. The first-order valence-corrected chi connectivity index (χ1v) is 7.68. The Morgan fingerprint density at radius 2 is 2.11 bits per heavy atom. The minimum Gasteiger partial charge on any atom is -0.383 e. The number of sulfone groups is 1. The van der Waals surface area contributed by atoms with Crippen LogP contribution in [0.2, 0.25) is 0 Å². The number of nitrogens with two attached hydrogens (primary N) is 1. The standard InChI is InChI=1S/C11H18N4O2S/c1-7-10(12)14-8(2)15-11(7)13-6-9-4-3-5-18(9,16)17/h9H,3-6H2,1-2H3,(H3,12,13,14,15). The van der Waals surface area contributed by atoms with E-state index in [0.717, 1.165) is 12.0 Å². The molecular formula is C11H18N4O2S. The molecule has 1 atom stereocenters. The molecule has 18 heavy (non-hydrogen) atoms. The number of nitrogens with zero attached hydrogens (tertiary/aromatic N) is 2. The van der Waals surface area contributed by atoms with Gasteiger partial charge in [-0.15, -0.1) is 0 Å². The fourth-order valence-electron chi connectivity index (χ4n) is 2.12. The van der Waals surface area contributed by atoms with Crippen LogP contribution in [0.15, 0.2) is 0 Å². The Morgan fingerprint density at radius 3 is 2.72 bits per heavy atom. The molecular weight excluding hydrogens is 252 g/mol. The Kier molecular flexibility index (Phi) is 3.43. The third kappa shape index (κ3) is 2.55. The quantitative estimate of drug-likeness (QED) is 0.837. The van der Waals surface area contributed by atoms with Gasteiger partial charge in [0.15, 0.2) is 9.84 Å². The highest BCUT2D eigenvalue weighted by molar-refractivity contribution is 7.92. The van der Waals surface area contributed by atoms with Crippen molar-refractivity contribution in [3.8, 4) is 0 Å². The maximum Gasteiger partial charge on any atom is 0.154 e. The predicted molar refractivity (Wildman–Crippen MR) is 71.2 cm³/mol. The summed E-state index contributed by atoms with van der Waals surface area (Å²) in [6, 6.07) is 0. The second kappa shape index (κ2) is 4.72. The lowest BCUT2D eigenvalue weighted by molar-refractivity contribution is 0.591. The Hall–Kier alpha value is -1.37. The first-order valence-electron chi connectivity index (χ1n) is 5.96. The van der Waals surface area contributed by atoms with Gasteiger partial charge in [-0.3, -0.25) is 0 Å². The van der Waals surface area contributed by atoms with E-state index >= 15 is 0 Å². The molecule has 1 unspecified atom stereocenters. The number of anilines is 2. The van der Waals surface area contributed by atoms with Crippen LogP contribution in [0.3, 0.4) is 0 Å². The van der Waals surface area contributed by atoms with Gasteiger partial charge in [-0.05, 0) is 26.7 Å². The molecule has 1 aliphatic rings. The van der Waals surface area contributed by atoms with Gasteiger partial charge in [-0.25, -0.2) is 18.4 Å². The van der Waals surface area contributed by atoms with Crippen LogP contribution in [0.5, 0.6) is 0 Å². The van der Waals surface area contributed by atoms with Crippen LogP contribution in [-0.2, 0) is 9.84 Å². The molecule has 0 amide bonds. The number of hydrogen-bond acceptors (Lipinski definition) is 6.